The van der Waals surface area contributed by atoms with E-state index in [0.717, 1.165) is 6.26 Å². The van der Waals surface area contributed by atoms with Crippen molar-refractivity contribution in [1.29, 1.82) is 0 Å². The molecular weight excluding hydrogens is 376 g/mol. The summed E-state index contributed by atoms with van der Waals surface area (Å²) in [5, 5.41) is 20.7. The van der Waals surface area contributed by atoms with Crippen molar-refractivity contribution in [3.63, 3.8) is 0 Å². The van der Waals surface area contributed by atoms with Crippen LogP contribution in [0.15, 0.2) is 57.8 Å². The first-order chi connectivity index (χ1) is 12.8. The van der Waals surface area contributed by atoms with E-state index in [4.69, 9.17) is 4.42 Å². The summed E-state index contributed by atoms with van der Waals surface area (Å²) < 4.78 is 29.1. The molecule has 1 N–H and O–H groups in total. The van der Waals surface area contributed by atoms with Gasteiger partial charge in [0, 0.05) is 12.3 Å². The molecule has 0 aliphatic carbocycles. The van der Waals surface area contributed by atoms with Gasteiger partial charge in [-0.25, -0.2) is 8.42 Å². The highest BCUT2D eigenvalue weighted by Gasteiger charge is 2.22. The molecule has 0 unspecified atom stereocenters. The summed E-state index contributed by atoms with van der Waals surface area (Å²) in [6.07, 6.45) is 1.04. The Morgan fingerprint density at radius 3 is 2.48 bits per heavy atom. The van der Waals surface area contributed by atoms with E-state index >= 15 is 0 Å². The fraction of sp³-hybridized carbons (Fsp3) is 0.0625. The fourth-order valence-corrected chi connectivity index (χ4v) is 3.22. The minimum absolute atomic E-state index is 0.00905. The molecule has 2 aromatic carbocycles. The van der Waals surface area contributed by atoms with Crippen LogP contribution in [0.4, 0.5) is 11.7 Å². The number of amides is 1. The Balaban J connectivity index is 1.91. The molecule has 1 amide bonds. The number of hydrogen-bond donors (Lipinski definition) is 1. The van der Waals surface area contributed by atoms with E-state index in [2.05, 4.69) is 15.5 Å². The zero-order valence-corrected chi connectivity index (χ0v) is 14.6. The minimum atomic E-state index is -3.54. The lowest BCUT2D eigenvalue weighted by molar-refractivity contribution is -0.385. The van der Waals surface area contributed by atoms with Gasteiger partial charge in [-0.3, -0.25) is 20.2 Å². The zero-order chi connectivity index (χ0) is 19.6. The van der Waals surface area contributed by atoms with Crippen molar-refractivity contribution < 1.29 is 22.6 Å². The number of nitrogens with zero attached hydrogens (tertiary/aromatic N) is 3. The second-order valence-corrected chi connectivity index (χ2v) is 7.39. The summed E-state index contributed by atoms with van der Waals surface area (Å²) in [5.41, 5.74) is -0.380. The molecule has 3 aromatic rings. The topological polar surface area (TPSA) is 145 Å². The molecule has 138 valence electrons. The zero-order valence-electron chi connectivity index (χ0n) is 13.8. The summed E-state index contributed by atoms with van der Waals surface area (Å²) in [7, 11) is -3.54. The van der Waals surface area contributed by atoms with Gasteiger partial charge < -0.3 is 4.42 Å². The first-order valence-electron chi connectivity index (χ1n) is 7.45. The molecule has 0 aliphatic rings. The fourth-order valence-electron chi connectivity index (χ4n) is 2.34. The van der Waals surface area contributed by atoms with Gasteiger partial charge in [0.1, 0.15) is 5.56 Å². The Labute approximate surface area is 152 Å². The monoisotopic (exact) mass is 388 g/mol. The van der Waals surface area contributed by atoms with E-state index in [-0.39, 0.29) is 33.6 Å². The maximum absolute atomic E-state index is 12.3. The van der Waals surface area contributed by atoms with E-state index in [1.165, 1.54) is 36.4 Å². The van der Waals surface area contributed by atoms with Crippen LogP contribution in [0, 0.1) is 10.1 Å². The van der Waals surface area contributed by atoms with Gasteiger partial charge in [0.15, 0.2) is 9.84 Å². The van der Waals surface area contributed by atoms with E-state index in [9.17, 15) is 23.3 Å². The highest BCUT2D eigenvalue weighted by Crippen LogP contribution is 2.27. The Morgan fingerprint density at radius 2 is 1.78 bits per heavy atom. The summed E-state index contributed by atoms with van der Waals surface area (Å²) in [4.78, 5) is 22.6. The number of benzene rings is 2. The molecule has 1 heterocycles. The van der Waals surface area contributed by atoms with E-state index < -0.39 is 20.7 Å². The van der Waals surface area contributed by atoms with Crippen molar-refractivity contribution in [2.45, 2.75) is 4.90 Å². The van der Waals surface area contributed by atoms with Gasteiger partial charge in [-0.15, -0.1) is 5.10 Å². The maximum atomic E-state index is 12.3. The standard InChI is InChI=1S/C16H12N4O6S/c1-27(24,25)13-9-5-3-7-11(13)15-18-19-16(26-15)17-14(21)10-6-2-4-8-12(10)20(22)23/h2-9H,1H3,(H,17,19,21). The molecule has 1 aromatic heterocycles. The molecular formula is C16H12N4O6S. The lowest BCUT2D eigenvalue weighted by Crippen LogP contribution is -2.14. The molecule has 0 saturated heterocycles. The minimum Gasteiger partial charge on any atom is -0.403 e. The van der Waals surface area contributed by atoms with Gasteiger partial charge >= 0.3 is 6.01 Å². The van der Waals surface area contributed by atoms with Crippen molar-refractivity contribution in [2.24, 2.45) is 0 Å². The number of nitro groups is 1. The van der Waals surface area contributed by atoms with Gasteiger partial charge in [-0.2, -0.15) is 0 Å². The smallest absolute Gasteiger partial charge is 0.322 e. The SMILES string of the molecule is CS(=O)(=O)c1ccccc1-c1nnc(NC(=O)c2ccccc2[N+](=O)[O-])o1. The summed E-state index contributed by atoms with van der Waals surface area (Å²) in [6, 6.07) is 11.1. The number of nitrogens with one attached hydrogen (secondary N) is 1. The van der Waals surface area contributed by atoms with Crippen molar-refractivity contribution in [2.75, 3.05) is 11.6 Å². The molecule has 27 heavy (non-hydrogen) atoms. The number of rotatable bonds is 5. The van der Waals surface area contributed by atoms with Crippen LogP contribution in [0.25, 0.3) is 11.5 Å². The quantitative estimate of drug-likeness (QED) is 0.517. The molecule has 0 aliphatic heterocycles. The molecule has 11 heteroatoms. The van der Waals surface area contributed by atoms with Gasteiger partial charge in [-0.1, -0.05) is 29.4 Å². The molecule has 10 nitrogen and oxygen atoms in total. The van der Waals surface area contributed by atoms with E-state index in [1.54, 1.807) is 12.1 Å². The second kappa shape index (κ2) is 6.96. The summed E-state index contributed by atoms with van der Waals surface area (Å²) in [6.45, 7) is 0. The first kappa shape index (κ1) is 18.2. The molecule has 0 atom stereocenters. The number of anilines is 1. The maximum Gasteiger partial charge on any atom is 0.322 e. The van der Waals surface area contributed by atoms with Crippen LogP contribution in [-0.4, -0.2) is 35.7 Å². The van der Waals surface area contributed by atoms with Crippen LogP contribution in [-0.2, 0) is 9.84 Å². The van der Waals surface area contributed by atoms with Crippen molar-refractivity contribution >= 4 is 27.4 Å². The van der Waals surface area contributed by atoms with Crippen LogP contribution in [0.5, 0.6) is 0 Å². The number of carbonyl (C=O) groups excluding carboxylic acids is 1. The van der Waals surface area contributed by atoms with Crippen molar-refractivity contribution in [1.82, 2.24) is 10.2 Å². The van der Waals surface area contributed by atoms with Gasteiger partial charge in [-0.05, 0) is 18.2 Å². The summed E-state index contributed by atoms with van der Waals surface area (Å²) in [5.74, 6) is -0.928. The second-order valence-electron chi connectivity index (χ2n) is 5.41. The predicted molar refractivity (Wildman–Crippen MR) is 93.9 cm³/mol. The third-order valence-corrected chi connectivity index (χ3v) is 4.66. The lowest BCUT2D eigenvalue weighted by Gasteiger charge is -2.03. The highest BCUT2D eigenvalue weighted by molar-refractivity contribution is 7.90. The molecule has 0 fully saturated rings. The third-order valence-electron chi connectivity index (χ3n) is 3.51. The number of aromatic nitrogens is 2. The Morgan fingerprint density at radius 1 is 1.11 bits per heavy atom. The Kier molecular flexibility index (Phi) is 4.69. The van der Waals surface area contributed by atoms with Crippen LogP contribution in [0.1, 0.15) is 10.4 Å². The number of nitro benzene ring substituents is 1. The van der Waals surface area contributed by atoms with Crippen LogP contribution in [0.3, 0.4) is 0 Å². The average Bonchev–Trinajstić information content (AvgIpc) is 3.09. The first-order valence-corrected chi connectivity index (χ1v) is 9.34. The number of carbonyl (C=O) groups is 1. The van der Waals surface area contributed by atoms with E-state index in [1.807, 2.05) is 0 Å². The number of hydrogen-bond acceptors (Lipinski definition) is 8. The third kappa shape index (κ3) is 3.82. The summed E-state index contributed by atoms with van der Waals surface area (Å²) >= 11 is 0. The van der Waals surface area contributed by atoms with Crippen LogP contribution in [0.2, 0.25) is 0 Å². The molecule has 3 rings (SSSR count). The molecule has 0 spiro atoms. The van der Waals surface area contributed by atoms with Gasteiger partial charge in [0.2, 0.25) is 0 Å². The number of para-hydroxylation sites is 1. The predicted octanol–water partition coefficient (Wildman–Crippen LogP) is 2.30. The van der Waals surface area contributed by atoms with Crippen LogP contribution < -0.4 is 5.32 Å². The van der Waals surface area contributed by atoms with Crippen molar-refractivity contribution in [3.8, 4) is 11.5 Å². The normalized spacial score (nSPS) is 11.1. The average molecular weight is 388 g/mol. The Hall–Kier alpha value is -3.60. The molecule has 0 saturated carbocycles. The van der Waals surface area contributed by atoms with Gasteiger partial charge in [0.05, 0.1) is 15.4 Å². The highest BCUT2D eigenvalue weighted by atomic mass is 32.2. The largest absolute Gasteiger partial charge is 0.403 e. The molecule has 0 bridgehead atoms. The van der Waals surface area contributed by atoms with Crippen molar-refractivity contribution in [3.05, 3.63) is 64.2 Å². The Bertz CT molecular complexity index is 1140. The number of sulfone groups is 1. The molecule has 0 radical (unpaired) electrons. The lowest BCUT2D eigenvalue weighted by atomic mass is 10.1. The van der Waals surface area contributed by atoms with Gasteiger partial charge in [0.25, 0.3) is 17.5 Å². The van der Waals surface area contributed by atoms with Crippen LogP contribution >= 0.6 is 0 Å². The van der Waals surface area contributed by atoms with E-state index in [0.29, 0.717) is 0 Å².